The van der Waals surface area contributed by atoms with Crippen LogP contribution in [-0.4, -0.2) is 36.1 Å². The molecule has 2 amide bonds. The molecule has 0 radical (unpaired) electrons. The SMILES string of the molecule is CC(=O)Nc1cc(Cl)ccc1C(=O)Nc1ccc(N(C)C)nn1. The van der Waals surface area contributed by atoms with E-state index in [0.717, 1.165) is 0 Å². The number of hydrogen-bond donors (Lipinski definition) is 2. The van der Waals surface area contributed by atoms with Gasteiger partial charge in [-0.3, -0.25) is 9.59 Å². The molecule has 23 heavy (non-hydrogen) atoms. The highest BCUT2D eigenvalue weighted by Gasteiger charge is 2.14. The second-order valence-corrected chi connectivity index (χ2v) is 5.43. The van der Waals surface area contributed by atoms with Crippen LogP contribution in [0, 0.1) is 0 Å². The minimum atomic E-state index is -0.419. The van der Waals surface area contributed by atoms with Crippen molar-refractivity contribution in [2.45, 2.75) is 6.92 Å². The van der Waals surface area contributed by atoms with Crippen molar-refractivity contribution >= 4 is 40.7 Å². The third kappa shape index (κ3) is 4.40. The molecule has 0 aliphatic heterocycles. The van der Waals surface area contributed by atoms with E-state index < -0.39 is 5.91 Å². The van der Waals surface area contributed by atoms with Crippen LogP contribution in [0.2, 0.25) is 5.02 Å². The number of benzene rings is 1. The molecule has 0 bridgehead atoms. The van der Waals surface area contributed by atoms with Gasteiger partial charge in [0.2, 0.25) is 5.91 Å². The third-order valence-electron chi connectivity index (χ3n) is 2.89. The molecule has 120 valence electrons. The largest absolute Gasteiger partial charge is 0.361 e. The van der Waals surface area contributed by atoms with Crippen molar-refractivity contribution in [3.05, 3.63) is 40.9 Å². The average molecular weight is 334 g/mol. The van der Waals surface area contributed by atoms with Crippen molar-refractivity contribution < 1.29 is 9.59 Å². The van der Waals surface area contributed by atoms with E-state index in [1.54, 1.807) is 23.1 Å². The molecule has 0 saturated carbocycles. The van der Waals surface area contributed by atoms with Gasteiger partial charge in [0.25, 0.3) is 5.91 Å². The highest BCUT2D eigenvalue weighted by atomic mass is 35.5. The van der Waals surface area contributed by atoms with Crippen molar-refractivity contribution in [2.24, 2.45) is 0 Å². The van der Waals surface area contributed by atoms with Crippen molar-refractivity contribution in [1.29, 1.82) is 0 Å². The fourth-order valence-electron chi connectivity index (χ4n) is 1.82. The lowest BCUT2D eigenvalue weighted by Crippen LogP contribution is -2.18. The van der Waals surface area contributed by atoms with Gasteiger partial charge in [0.15, 0.2) is 11.6 Å². The molecule has 1 aromatic heterocycles. The standard InChI is InChI=1S/C15H16ClN5O2/c1-9(22)17-12-8-10(16)4-5-11(12)15(23)18-13-6-7-14(20-19-13)21(2)3/h4-8H,1-3H3,(H,17,22)(H,18,19,23). The van der Waals surface area contributed by atoms with E-state index in [1.807, 2.05) is 14.1 Å². The maximum Gasteiger partial charge on any atom is 0.258 e. The van der Waals surface area contributed by atoms with Gasteiger partial charge >= 0.3 is 0 Å². The molecule has 1 aromatic carbocycles. The van der Waals surface area contributed by atoms with Crippen molar-refractivity contribution in [3.8, 4) is 0 Å². The van der Waals surface area contributed by atoms with Crippen LogP contribution in [0.15, 0.2) is 30.3 Å². The molecule has 7 nitrogen and oxygen atoms in total. The summed E-state index contributed by atoms with van der Waals surface area (Å²) in [5, 5.41) is 13.5. The van der Waals surface area contributed by atoms with E-state index in [4.69, 9.17) is 11.6 Å². The molecule has 0 aliphatic carbocycles. The maximum absolute atomic E-state index is 12.4. The lowest BCUT2D eigenvalue weighted by atomic mass is 10.1. The molecule has 2 rings (SSSR count). The molecule has 0 unspecified atom stereocenters. The molecule has 0 spiro atoms. The van der Waals surface area contributed by atoms with Crippen LogP contribution >= 0.6 is 11.6 Å². The van der Waals surface area contributed by atoms with Crippen LogP contribution in [0.5, 0.6) is 0 Å². The number of amides is 2. The zero-order chi connectivity index (χ0) is 17.0. The molecule has 1 heterocycles. The number of aromatic nitrogens is 2. The van der Waals surface area contributed by atoms with Crippen molar-refractivity contribution in [3.63, 3.8) is 0 Å². The molecule has 2 aromatic rings. The molecular formula is C15H16ClN5O2. The number of carbonyl (C=O) groups is 2. The van der Waals surface area contributed by atoms with Gasteiger partial charge < -0.3 is 15.5 Å². The number of halogens is 1. The molecule has 2 N–H and O–H groups in total. The smallest absolute Gasteiger partial charge is 0.258 e. The molecule has 0 aliphatic rings. The van der Waals surface area contributed by atoms with E-state index in [-0.39, 0.29) is 11.5 Å². The van der Waals surface area contributed by atoms with Crippen LogP contribution < -0.4 is 15.5 Å². The average Bonchev–Trinajstić information content (AvgIpc) is 2.47. The first-order valence-corrected chi connectivity index (χ1v) is 7.14. The molecule has 0 fully saturated rings. The van der Waals surface area contributed by atoms with E-state index in [9.17, 15) is 9.59 Å². The van der Waals surface area contributed by atoms with E-state index >= 15 is 0 Å². The highest BCUT2D eigenvalue weighted by molar-refractivity contribution is 6.31. The van der Waals surface area contributed by atoms with Crippen LogP contribution in [-0.2, 0) is 4.79 Å². The normalized spacial score (nSPS) is 10.1. The molecule has 0 saturated heterocycles. The first-order chi connectivity index (χ1) is 10.9. The Hall–Kier alpha value is -2.67. The van der Waals surface area contributed by atoms with E-state index in [2.05, 4.69) is 20.8 Å². The number of nitrogens with zero attached hydrogens (tertiary/aromatic N) is 3. The predicted molar refractivity (Wildman–Crippen MR) is 90.1 cm³/mol. The summed E-state index contributed by atoms with van der Waals surface area (Å²) >= 11 is 5.90. The second kappa shape index (κ2) is 7.06. The van der Waals surface area contributed by atoms with Gasteiger partial charge in [0.1, 0.15) is 0 Å². The van der Waals surface area contributed by atoms with Crippen molar-refractivity contribution in [1.82, 2.24) is 10.2 Å². The number of hydrogen-bond acceptors (Lipinski definition) is 5. The van der Waals surface area contributed by atoms with Gasteiger partial charge in [0.05, 0.1) is 11.3 Å². The van der Waals surface area contributed by atoms with Gasteiger partial charge in [-0.05, 0) is 30.3 Å². The lowest BCUT2D eigenvalue weighted by molar-refractivity contribution is -0.114. The number of anilines is 3. The summed E-state index contributed by atoms with van der Waals surface area (Å²) in [7, 11) is 3.69. The Balaban J connectivity index is 2.21. The summed E-state index contributed by atoms with van der Waals surface area (Å²) in [6.07, 6.45) is 0. The van der Waals surface area contributed by atoms with Gasteiger partial charge in [-0.15, -0.1) is 10.2 Å². The van der Waals surface area contributed by atoms with E-state index in [0.29, 0.717) is 22.3 Å². The lowest BCUT2D eigenvalue weighted by Gasteiger charge is -2.12. The Morgan fingerprint density at radius 2 is 1.83 bits per heavy atom. The summed E-state index contributed by atoms with van der Waals surface area (Å²) in [4.78, 5) is 25.4. The minimum absolute atomic E-state index is 0.281. The Kier molecular flexibility index (Phi) is 5.13. The Morgan fingerprint density at radius 3 is 2.39 bits per heavy atom. The summed E-state index contributed by atoms with van der Waals surface area (Å²) < 4.78 is 0. The third-order valence-corrected chi connectivity index (χ3v) is 3.12. The molecule has 0 atom stereocenters. The van der Waals surface area contributed by atoms with Crippen LogP contribution in [0.3, 0.4) is 0 Å². The summed E-state index contributed by atoms with van der Waals surface area (Å²) in [6, 6.07) is 8.00. The molecular weight excluding hydrogens is 318 g/mol. The second-order valence-electron chi connectivity index (χ2n) is 5.00. The van der Waals surface area contributed by atoms with Crippen LogP contribution in [0.25, 0.3) is 0 Å². The Morgan fingerprint density at radius 1 is 1.09 bits per heavy atom. The van der Waals surface area contributed by atoms with Gasteiger partial charge in [-0.2, -0.15) is 0 Å². The fraction of sp³-hybridized carbons (Fsp3) is 0.200. The fourth-order valence-corrected chi connectivity index (χ4v) is 1.99. The zero-order valence-corrected chi connectivity index (χ0v) is 13.7. The van der Waals surface area contributed by atoms with Gasteiger partial charge in [0, 0.05) is 26.0 Å². The summed E-state index contributed by atoms with van der Waals surface area (Å²) in [6.45, 7) is 1.36. The Labute approximate surface area is 138 Å². The number of rotatable bonds is 4. The predicted octanol–water partition coefficient (Wildman–Crippen LogP) is 2.41. The monoisotopic (exact) mass is 333 g/mol. The highest BCUT2D eigenvalue weighted by Crippen LogP contribution is 2.22. The first kappa shape index (κ1) is 16.7. The minimum Gasteiger partial charge on any atom is -0.361 e. The van der Waals surface area contributed by atoms with Crippen LogP contribution in [0.4, 0.5) is 17.3 Å². The molecule has 8 heteroatoms. The Bertz CT molecular complexity index is 731. The van der Waals surface area contributed by atoms with Crippen LogP contribution in [0.1, 0.15) is 17.3 Å². The zero-order valence-electron chi connectivity index (χ0n) is 12.9. The number of carbonyl (C=O) groups excluding carboxylic acids is 2. The van der Waals surface area contributed by atoms with Gasteiger partial charge in [-0.25, -0.2) is 0 Å². The maximum atomic E-state index is 12.4. The summed E-state index contributed by atoms with van der Waals surface area (Å²) in [5.41, 5.74) is 0.614. The van der Waals surface area contributed by atoms with E-state index in [1.165, 1.54) is 19.1 Å². The van der Waals surface area contributed by atoms with Gasteiger partial charge in [-0.1, -0.05) is 11.6 Å². The quantitative estimate of drug-likeness (QED) is 0.897. The topological polar surface area (TPSA) is 87.2 Å². The number of nitrogens with one attached hydrogen (secondary N) is 2. The van der Waals surface area contributed by atoms with Crippen molar-refractivity contribution in [2.75, 3.05) is 29.6 Å². The summed E-state index contributed by atoms with van der Waals surface area (Å²) in [5.74, 6) is 0.270. The first-order valence-electron chi connectivity index (χ1n) is 6.76.